The van der Waals surface area contributed by atoms with Gasteiger partial charge in [0.25, 0.3) is 0 Å². The average Bonchev–Trinajstić information content (AvgIpc) is 3.19. The smallest absolute Gasteiger partial charge is 0.216 e. The van der Waals surface area contributed by atoms with E-state index in [1.54, 1.807) is 6.07 Å². The quantitative estimate of drug-likeness (QED) is 0.276. The summed E-state index contributed by atoms with van der Waals surface area (Å²) in [5.41, 5.74) is 6.11. The molecule has 2 nitrogen and oxygen atoms in total. The Labute approximate surface area is 179 Å². The van der Waals surface area contributed by atoms with Crippen LogP contribution in [0.1, 0.15) is 15.2 Å². The predicted octanol–water partition coefficient (Wildman–Crippen LogP) is 7.00. The third kappa shape index (κ3) is 2.22. The summed E-state index contributed by atoms with van der Waals surface area (Å²) < 4.78 is 32.4. The van der Waals surface area contributed by atoms with Crippen molar-refractivity contribution < 1.29 is 13.1 Å². The van der Waals surface area contributed by atoms with Gasteiger partial charge in [0.05, 0.1) is 5.56 Å². The number of nitrogens with zero attached hydrogens (tertiary/aromatic N) is 1. The van der Waals surface area contributed by atoms with Crippen molar-refractivity contribution in [1.29, 1.82) is 0 Å². The number of fused-ring (bicyclic) bond motifs is 6. The average molecular weight is 392 g/mol. The number of hydrogen-bond acceptors (Lipinski definition) is 1. The van der Waals surface area contributed by atoms with Gasteiger partial charge in [0.1, 0.15) is 18.2 Å². The molecular weight excluding hydrogens is 366 g/mol. The van der Waals surface area contributed by atoms with Crippen LogP contribution in [0.3, 0.4) is 0 Å². The zero-order valence-corrected chi connectivity index (χ0v) is 16.9. The molecule has 0 atom stereocenters. The van der Waals surface area contributed by atoms with Crippen molar-refractivity contribution in [2.75, 3.05) is 0 Å². The molecular formula is C28H22NO+. The van der Waals surface area contributed by atoms with E-state index in [0.717, 1.165) is 49.7 Å². The molecule has 30 heavy (non-hydrogen) atoms. The van der Waals surface area contributed by atoms with Crippen LogP contribution in [-0.2, 0) is 7.05 Å². The number of aryl methyl sites for hydroxylation is 3. The van der Waals surface area contributed by atoms with Crippen LogP contribution in [0.4, 0.5) is 0 Å². The van der Waals surface area contributed by atoms with Gasteiger partial charge in [0.15, 0.2) is 0 Å². The molecule has 0 bridgehead atoms. The number of furan rings is 1. The highest BCUT2D eigenvalue weighted by Gasteiger charge is 2.24. The lowest BCUT2D eigenvalue weighted by atomic mass is 9.93. The maximum atomic E-state index is 7.95. The zero-order chi connectivity index (χ0) is 22.9. The number of aromatic nitrogens is 1. The van der Waals surface area contributed by atoms with Gasteiger partial charge < -0.3 is 4.42 Å². The van der Waals surface area contributed by atoms with Crippen LogP contribution >= 0.6 is 0 Å². The predicted molar refractivity (Wildman–Crippen MR) is 125 cm³/mol. The molecule has 2 aromatic heterocycles. The number of benzene rings is 4. The Bertz CT molecular complexity index is 1730. The highest BCUT2D eigenvalue weighted by Crippen LogP contribution is 2.42. The lowest BCUT2D eigenvalue weighted by molar-refractivity contribution is -0.633. The minimum Gasteiger partial charge on any atom is -0.455 e. The highest BCUT2D eigenvalue weighted by atomic mass is 16.3. The maximum absolute atomic E-state index is 7.95. The van der Waals surface area contributed by atoms with E-state index in [-0.39, 0.29) is 0 Å². The first-order valence-corrected chi connectivity index (χ1v) is 10.1. The molecule has 2 heterocycles. The molecule has 4 aromatic carbocycles. The molecule has 0 fully saturated rings. The van der Waals surface area contributed by atoms with E-state index in [2.05, 4.69) is 41.8 Å². The largest absolute Gasteiger partial charge is 0.455 e. The van der Waals surface area contributed by atoms with Crippen LogP contribution < -0.4 is 4.57 Å². The Morgan fingerprint density at radius 2 is 1.53 bits per heavy atom. The van der Waals surface area contributed by atoms with Crippen LogP contribution in [0, 0.1) is 13.8 Å². The third-order valence-electron chi connectivity index (χ3n) is 6.27. The fourth-order valence-corrected chi connectivity index (χ4v) is 4.81. The molecule has 144 valence electrons. The Hall–Kier alpha value is -3.65. The second-order valence-corrected chi connectivity index (χ2v) is 7.86. The fraction of sp³-hybridized carbons (Fsp3) is 0.107. The molecule has 6 aromatic rings. The van der Waals surface area contributed by atoms with E-state index in [9.17, 15) is 0 Å². The van der Waals surface area contributed by atoms with E-state index >= 15 is 0 Å². The molecule has 0 radical (unpaired) electrons. The number of rotatable bonds is 1. The van der Waals surface area contributed by atoms with Crippen LogP contribution in [0.5, 0.6) is 0 Å². The van der Waals surface area contributed by atoms with Gasteiger partial charge in [0, 0.05) is 32.4 Å². The molecule has 0 aliphatic carbocycles. The summed E-state index contributed by atoms with van der Waals surface area (Å²) in [6.45, 7) is -0.0355. The lowest BCUT2D eigenvalue weighted by Gasteiger charge is -2.11. The standard InChI is InChI=1S/C28H22NO/c1-17-9-8-13-23-19(17)15-16-24(29(23)3)26-18(2)20-10-4-5-11-21(20)27-22-12-6-7-14-25(22)30-28(26)27/h4-16H,1-3H3/q+1/i1D3. The van der Waals surface area contributed by atoms with Crippen LogP contribution in [-0.4, -0.2) is 0 Å². The minimum atomic E-state index is -2.17. The zero-order valence-electron chi connectivity index (χ0n) is 19.9. The van der Waals surface area contributed by atoms with E-state index in [4.69, 9.17) is 8.53 Å². The van der Waals surface area contributed by atoms with Crippen molar-refractivity contribution in [3.8, 4) is 11.3 Å². The summed E-state index contributed by atoms with van der Waals surface area (Å²) in [7, 11) is 1.99. The monoisotopic (exact) mass is 391 g/mol. The first-order chi connectivity index (χ1) is 15.9. The number of pyridine rings is 1. The Morgan fingerprint density at radius 1 is 0.767 bits per heavy atom. The highest BCUT2D eigenvalue weighted by molar-refractivity contribution is 6.23. The van der Waals surface area contributed by atoms with Gasteiger partial charge in [-0.1, -0.05) is 54.6 Å². The van der Waals surface area contributed by atoms with Crippen molar-refractivity contribution in [3.63, 3.8) is 0 Å². The topological polar surface area (TPSA) is 17.0 Å². The summed E-state index contributed by atoms with van der Waals surface area (Å²) in [6, 6.07) is 26.0. The molecule has 0 unspecified atom stereocenters. The summed E-state index contributed by atoms with van der Waals surface area (Å²) in [4.78, 5) is 0. The van der Waals surface area contributed by atoms with Gasteiger partial charge in [-0.2, -0.15) is 4.57 Å². The number of para-hydroxylation sites is 1. The molecule has 0 spiro atoms. The first-order valence-electron chi connectivity index (χ1n) is 11.6. The van der Waals surface area contributed by atoms with Gasteiger partial charge >= 0.3 is 0 Å². The van der Waals surface area contributed by atoms with Gasteiger partial charge in [-0.25, -0.2) is 0 Å². The van der Waals surface area contributed by atoms with Crippen molar-refractivity contribution in [2.45, 2.75) is 13.8 Å². The minimum absolute atomic E-state index is 0.367. The van der Waals surface area contributed by atoms with Gasteiger partial charge in [-0.15, -0.1) is 0 Å². The van der Waals surface area contributed by atoms with Gasteiger partial charge in [-0.3, -0.25) is 0 Å². The molecule has 6 rings (SSSR count). The lowest BCUT2D eigenvalue weighted by Crippen LogP contribution is -2.32. The molecule has 0 saturated carbocycles. The summed E-state index contributed by atoms with van der Waals surface area (Å²) >= 11 is 0. The third-order valence-corrected chi connectivity index (χ3v) is 6.27. The second-order valence-electron chi connectivity index (χ2n) is 7.86. The normalized spacial score (nSPS) is 13.7. The van der Waals surface area contributed by atoms with E-state index in [1.165, 1.54) is 10.8 Å². The first kappa shape index (κ1) is 14.4. The van der Waals surface area contributed by atoms with Crippen LogP contribution in [0.15, 0.2) is 83.3 Å². The summed E-state index contributed by atoms with van der Waals surface area (Å²) in [5, 5.41) is 5.30. The summed E-state index contributed by atoms with van der Waals surface area (Å²) in [6.07, 6.45) is 0. The summed E-state index contributed by atoms with van der Waals surface area (Å²) in [5.74, 6) is 0. The number of hydrogen-bond donors (Lipinski definition) is 0. The van der Waals surface area contributed by atoms with Crippen molar-refractivity contribution in [2.24, 2.45) is 7.05 Å². The Balaban J connectivity index is 1.78. The van der Waals surface area contributed by atoms with Gasteiger partial charge in [-0.05, 0) is 47.8 Å². The van der Waals surface area contributed by atoms with Gasteiger partial charge in [0.2, 0.25) is 11.2 Å². The van der Waals surface area contributed by atoms with Crippen LogP contribution in [0.25, 0.3) is 54.9 Å². The molecule has 0 aliphatic rings. The van der Waals surface area contributed by atoms with Crippen molar-refractivity contribution in [1.82, 2.24) is 0 Å². The molecule has 0 aliphatic heterocycles. The van der Waals surface area contributed by atoms with Crippen molar-refractivity contribution >= 4 is 43.6 Å². The van der Waals surface area contributed by atoms with E-state index in [1.807, 2.05) is 49.5 Å². The van der Waals surface area contributed by atoms with Crippen molar-refractivity contribution in [3.05, 3.63) is 90.0 Å². The molecule has 0 N–H and O–H groups in total. The Kier molecular flexibility index (Phi) is 2.95. The van der Waals surface area contributed by atoms with E-state index in [0.29, 0.717) is 5.56 Å². The SMILES string of the molecule is [2H]C([2H])([2H])c1cccc2c1ccc(-c1c(C)c3ccccc3c3c1oc1ccccc13)[n+]2C. The molecule has 0 saturated heterocycles. The molecule has 0 amide bonds. The molecule has 2 heteroatoms. The second kappa shape index (κ2) is 6.17. The van der Waals surface area contributed by atoms with E-state index < -0.39 is 6.85 Å². The Morgan fingerprint density at radius 3 is 2.37 bits per heavy atom. The van der Waals surface area contributed by atoms with Crippen LogP contribution in [0.2, 0.25) is 0 Å². The maximum Gasteiger partial charge on any atom is 0.216 e. The fourth-order valence-electron chi connectivity index (χ4n) is 4.81.